The Kier molecular flexibility index (Phi) is 5.43. The van der Waals surface area contributed by atoms with E-state index in [-0.39, 0.29) is 5.82 Å². The lowest BCUT2D eigenvalue weighted by Gasteiger charge is -2.09. The topological polar surface area (TPSA) is 30.7 Å². The summed E-state index contributed by atoms with van der Waals surface area (Å²) in [4.78, 5) is 0. The fourth-order valence-electron chi connectivity index (χ4n) is 2.33. The van der Waals surface area contributed by atoms with E-state index < -0.39 is 0 Å². The van der Waals surface area contributed by atoms with Crippen molar-refractivity contribution in [1.29, 1.82) is 0 Å². The summed E-state index contributed by atoms with van der Waals surface area (Å²) in [6.07, 6.45) is 0. The van der Waals surface area contributed by atoms with Crippen molar-refractivity contribution in [3.63, 3.8) is 0 Å². The summed E-state index contributed by atoms with van der Waals surface area (Å²) < 4.78 is 15.9. The highest BCUT2D eigenvalue weighted by molar-refractivity contribution is 7.98. The number of hydrogen-bond acceptors (Lipinski definition) is 3. The first-order valence-corrected chi connectivity index (χ1v) is 9.09. The molecule has 0 radical (unpaired) electrons. The number of thioether (sulfide) groups is 1. The van der Waals surface area contributed by atoms with Gasteiger partial charge in [-0.1, -0.05) is 53.2 Å². The van der Waals surface area contributed by atoms with Crippen LogP contribution in [0.1, 0.15) is 12.5 Å². The molecule has 3 nitrogen and oxygen atoms in total. The summed E-state index contributed by atoms with van der Waals surface area (Å²) in [5, 5.41) is 10.3. The third-order valence-electron chi connectivity index (χ3n) is 3.56. The molecule has 7 heteroatoms. The largest absolute Gasteiger partial charge is 0.302 e. The molecule has 3 rings (SSSR count). The quantitative estimate of drug-likeness (QED) is 0.530. The Hall–Kier alpha value is -1.56. The second kappa shape index (κ2) is 7.55. The van der Waals surface area contributed by atoms with Crippen molar-refractivity contribution in [2.75, 3.05) is 0 Å². The van der Waals surface area contributed by atoms with Crippen molar-refractivity contribution in [2.24, 2.45) is 0 Å². The Morgan fingerprint density at radius 1 is 1.04 bits per heavy atom. The molecule has 0 fully saturated rings. The van der Waals surface area contributed by atoms with E-state index in [2.05, 4.69) is 10.2 Å². The molecule has 0 saturated carbocycles. The van der Waals surface area contributed by atoms with Crippen molar-refractivity contribution < 1.29 is 4.39 Å². The van der Waals surface area contributed by atoms with E-state index in [0.29, 0.717) is 38.9 Å². The van der Waals surface area contributed by atoms with Crippen LogP contribution in [0.25, 0.3) is 11.4 Å². The molecular formula is C17H14Cl2FN3S. The normalized spacial score (nSPS) is 11.0. The van der Waals surface area contributed by atoms with Gasteiger partial charge in [-0.3, -0.25) is 0 Å². The predicted molar refractivity (Wildman–Crippen MR) is 97.1 cm³/mol. The van der Waals surface area contributed by atoms with Gasteiger partial charge in [-0.25, -0.2) is 4.39 Å². The van der Waals surface area contributed by atoms with Crippen molar-refractivity contribution in [3.8, 4) is 11.4 Å². The molecule has 24 heavy (non-hydrogen) atoms. The van der Waals surface area contributed by atoms with Gasteiger partial charge in [0.15, 0.2) is 11.0 Å². The van der Waals surface area contributed by atoms with E-state index in [4.69, 9.17) is 23.2 Å². The zero-order valence-electron chi connectivity index (χ0n) is 12.8. The monoisotopic (exact) mass is 381 g/mol. The van der Waals surface area contributed by atoms with Crippen LogP contribution >= 0.6 is 35.0 Å². The Bertz CT molecular complexity index is 847. The molecule has 0 aliphatic carbocycles. The van der Waals surface area contributed by atoms with E-state index in [0.717, 1.165) is 5.56 Å². The molecule has 0 amide bonds. The van der Waals surface area contributed by atoms with Gasteiger partial charge in [0.1, 0.15) is 5.82 Å². The maximum Gasteiger partial charge on any atom is 0.191 e. The van der Waals surface area contributed by atoms with Gasteiger partial charge in [0.2, 0.25) is 0 Å². The van der Waals surface area contributed by atoms with Crippen molar-refractivity contribution >= 4 is 35.0 Å². The summed E-state index contributed by atoms with van der Waals surface area (Å²) in [5.74, 6) is 0.766. The molecule has 1 aromatic heterocycles. The van der Waals surface area contributed by atoms with Crippen LogP contribution in [0.15, 0.2) is 47.6 Å². The van der Waals surface area contributed by atoms with E-state index >= 15 is 0 Å². The highest BCUT2D eigenvalue weighted by Gasteiger charge is 2.17. The molecule has 0 N–H and O–H groups in total. The fraction of sp³-hybridized carbons (Fsp3) is 0.176. The maximum absolute atomic E-state index is 14.0. The van der Waals surface area contributed by atoms with Crippen LogP contribution in [0.2, 0.25) is 10.0 Å². The van der Waals surface area contributed by atoms with Crippen LogP contribution < -0.4 is 0 Å². The molecular weight excluding hydrogens is 368 g/mol. The Labute approximate surface area is 153 Å². The molecule has 2 aromatic carbocycles. The molecule has 0 saturated heterocycles. The average molecular weight is 382 g/mol. The number of halogens is 3. The second-order valence-electron chi connectivity index (χ2n) is 5.02. The molecule has 0 atom stereocenters. The van der Waals surface area contributed by atoms with Gasteiger partial charge in [0, 0.05) is 22.3 Å². The van der Waals surface area contributed by atoms with E-state index in [9.17, 15) is 4.39 Å². The SMILES string of the molecule is CCn1c(SCc2c(Cl)cccc2Cl)nnc1-c1ccccc1F. The van der Waals surface area contributed by atoms with Crippen molar-refractivity contribution in [3.05, 3.63) is 63.9 Å². The number of hydrogen-bond donors (Lipinski definition) is 0. The van der Waals surface area contributed by atoms with Gasteiger partial charge in [-0.05, 0) is 36.8 Å². The predicted octanol–water partition coefficient (Wildman–Crippen LogP) is 5.70. The second-order valence-corrected chi connectivity index (χ2v) is 6.78. The third-order valence-corrected chi connectivity index (χ3v) is 5.26. The van der Waals surface area contributed by atoms with E-state index in [1.807, 2.05) is 17.6 Å². The summed E-state index contributed by atoms with van der Waals surface area (Å²) in [5.41, 5.74) is 1.29. The first-order valence-electron chi connectivity index (χ1n) is 7.35. The molecule has 0 unspecified atom stereocenters. The smallest absolute Gasteiger partial charge is 0.191 e. The zero-order valence-corrected chi connectivity index (χ0v) is 15.2. The van der Waals surface area contributed by atoms with Crippen LogP contribution in [-0.2, 0) is 12.3 Å². The number of nitrogens with zero attached hydrogens (tertiary/aromatic N) is 3. The van der Waals surface area contributed by atoms with Crippen LogP contribution in [0.4, 0.5) is 4.39 Å². The standard InChI is InChI=1S/C17H14Cl2FN3S/c1-2-23-16(11-6-3-4-9-15(11)20)21-22-17(23)24-10-12-13(18)7-5-8-14(12)19/h3-9H,2,10H2,1H3. The molecule has 1 heterocycles. The lowest BCUT2D eigenvalue weighted by molar-refractivity contribution is 0.624. The summed E-state index contributed by atoms with van der Waals surface area (Å²) in [7, 11) is 0. The minimum atomic E-state index is -0.315. The number of benzene rings is 2. The van der Waals surface area contributed by atoms with Gasteiger partial charge in [0.25, 0.3) is 0 Å². The molecule has 3 aromatic rings. The van der Waals surface area contributed by atoms with Crippen molar-refractivity contribution in [1.82, 2.24) is 14.8 Å². The average Bonchev–Trinajstić information content (AvgIpc) is 2.97. The van der Waals surface area contributed by atoms with Crippen LogP contribution in [-0.4, -0.2) is 14.8 Å². The van der Waals surface area contributed by atoms with Gasteiger partial charge < -0.3 is 4.57 Å². The lowest BCUT2D eigenvalue weighted by Crippen LogP contribution is -2.01. The molecule has 0 aliphatic rings. The Balaban J connectivity index is 1.89. The molecule has 0 bridgehead atoms. The fourth-order valence-corrected chi connectivity index (χ4v) is 4.07. The minimum Gasteiger partial charge on any atom is -0.302 e. The first kappa shape index (κ1) is 17.3. The van der Waals surface area contributed by atoms with Crippen LogP contribution in [0.5, 0.6) is 0 Å². The molecule has 124 valence electrons. The molecule has 0 aliphatic heterocycles. The van der Waals surface area contributed by atoms with Gasteiger partial charge >= 0.3 is 0 Å². The number of aromatic nitrogens is 3. The lowest BCUT2D eigenvalue weighted by atomic mass is 10.2. The van der Waals surface area contributed by atoms with Gasteiger partial charge in [-0.2, -0.15) is 0 Å². The Morgan fingerprint density at radius 2 is 1.75 bits per heavy atom. The molecule has 0 spiro atoms. The summed E-state index contributed by atoms with van der Waals surface area (Å²) in [6.45, 7) is 2.61. The summed E-state index contributed by atoms with van der Waals surface area (Å²) >= 11 is 13.9. The Morgan fingerprint density at radius 3 is 2.42 bits per heavy atom. The van der Waals surface area contributed by atoms with E-state index in [1.165, 1.54) is 17.8 Å². The van der Waals surface area contributed by atoms with Crippen molar-refractivity contribution in [2.45, 2.75) is 24.4 Å². The maximum atomic E-state index is 14.0. The number of rotatable bonds is 5. The summed E-state index contributed by atoms with van der Waals surface area (Å²) in [6, 6.07) is 12.0. The zero-order chi connectivity index (χ0) is 17.1. The highest BCUT2D eigenvalue weighted by atomic mass is 35.5. The van der Waals surface area contributed by atoms with Gasteiger partial charge in [-0.15, -0.1) is 10.2 Å². The highest BCUT2D eigenvalue weighted by Crippen LogP contribution is 2.32. The minimum absolute atomic E-state index is 0.315. The van der Waals surface area contributed by atoms with Crippen LogP contribution in [0.3, 0.4) is 0 Å². The van der Waals surface area contributed by atoms with Crippen LogP contribution in [0, 0.1) is 5.82 Å². The van der Waals surface area contributed by atoms with Gasteiger partial charge in [0.05, 0.1) is 5.56 Å². The third kappa shape index (κ3) is 3.43. The van der Waals surface area contributed by atoms with E-state index in [1.54, 1.807) is 30.3 Å². The first-order chi connectivity index (χ1) is 11.6.